The molecule has 6 nitrogen and oxygen atoms in total. The van der Waals surface area contributed by atoms with Gasteiger partial charge in [-0.3, -0.25) is 14.9 Å². The molecule has 1 aromatic rings. The molecule has 0 saturated heterocycles. The number of nitrogens with zero attached hydrogens (tertiary/aromatic N) is 1. The van der Waals surface area contributed by atoms with E-state index in [2.05, 4.69) is 0 Å². The molecule has 0 spiro atoms. The van der Waals surface area contributed by atoms with E-state index in [0.717, 1.165) is 0 Å². The Labute approximate surface area is 92.2 Å². The van der Waals surface area contributed by atoms with Crippen LogP contribution in [0.15, 0.2) is 24.3 Å². The van der Waals surface area contributed by atoms with E-state index in [9.17, 15) is 14.9 Å². The molecule has 1 rings (SSSR count). The molecule has 0 unspecified atom stereocenters. The van der Waals surface area contributed by atoms with Gasteiger partial charge in [0.05, 0.1) is 17.6 Å². The maximum atomic E-state index is 10.5. The molecule has 0 fully saturated rings. The molecule has 0 aliphatic rings. The van der Waals surface area contributed by atoms with Gasteiger partial charge in [0, 0.05) is 12.5 Å². The first-order valence-corrected chi connectivity index (χ1v) is 4.75. The van der Waals surface area contributed by atoms with Crippen LogP contribution in [0.4, 0.5) is 5.69 Å². The van der Waals surface area contributed by atoms with Crippen molar-refractivity contribution >= 4 is 11.6 Å². The molecule has 0 aliphatic carbocycles. The van der Waals surface area contributed by atoms with Crippen molar-refractivity contribution in [2.45, 2.75) is 12.8 Å². The average Bonchev–Trinajstić information content (AvgIpc) is 2.24. The fourth-order valence-corrected chi connectivity index (χ4v) is 1.12. The zero-order valence-electron chi connectivity index (χ0n) is 8.59. The summed E-state index contributed by atoms with van der Waals surface area (Å²) in [4.78, 5) is 20.4. The van der Waals surface area contributed by atoms with Gasteiger partial charge in [-0.25, -0.2) is 0 Å². The van der Waals surface area contributed by atoms with Gasteiger partial charge in [-0.1, -0.05) is 6.07 Å². The van der Waals surface area contributed by atoms with Gasteiger partial charge in [0.2, 0.25) is 5.91 Å². The van der Waals surface area contributed by atoms with Gasteiger partial charge < -0.3 is 10.5 Å². The molecular weight excluding hydrogens is 212 g/mol. The maximum absolute atomic E-state index is 10.5. The molecule has 86 valence electrons. The number of primary amides is 1. The number of rotatable bonds is 6. The van der Waals surface area contributed by atoms with Crippen LogP contribution in [0.1, 0.15) is 12.8 Å². The Morgan fingerprint density at radius 1 is 1.50 bits per heavy atom. The van der Waals surface area contributed by atoms with Gasteiger partial charge in [-0.2, -0.15) is 0 Å². The predicted octanol–water partition coefficient (Wildman–Crippen LogP) is 1.24. The highest BCUT2D eigenvalue weighted by atomic mass is 16.6. The first-order chi connectivity index (χ1) is 7.59. The molecule has 1 amide bonds. The Kier molecular flexibility index (Phi) is 4.26. The van der Waals surface area contributed by atoms with Crippen LogP contribution in [0.5, 0.6) is 5.75 Å². The number of hydrogen-bond donors (Lipinski definition) is 1. The third kappa shape index (κ3) is 3.95. The molecule has 0 radical (unpaired) electrons. The second-order valence-corrected chi connectivity index (χ2v) is 3.17. The average molecular weight is 224 g/mol. The van der Waals surface area contributed by atoms with E-state index in [0.29, 0.717) is 18.8 Å². The number of ether oxygens (including phenoxy) is 1. The zero-order chi connectivity index (χ0) is 12.0. The van der Waals surface area contributed by atoms with Gasteiger partial charge >= 0.3 is 0 Å². The standard InChI is InChI=1S/C10H12N2O4/c11-10(13)5-2-6-16-9-4-1-3-8(7-9)12(14)15/h1,3-4,7H,2,5-6H2,(H2,11,13). The number of amides is 1. The monoisotopic (exact) mass is 224 g/mol. The van der Waals surface area contributed by atoms with Crippen molar-refractivity contribution in [3.05, 3.63) is 34.4 Å². The Hall–Kier alpha value is -2.11. The fraction of sp³-hybridized carbons (Fsp3) is 0.300. The summed E-state index contributed by atoms with van der Waals surface area (Å²) >= 11 is 0. The Morgan fingerprint density at radius 2 is 2.25 bits per heavy atom. The van der Waals surface area contributed by atoms with E-state index in [1.807, 2.05) is 0 Å². The molecule has 6 heteroatoms. The Bertz CT molecular complexity index is 392. The number of benzene rings is 1. The van der Waals surface area contributed by atoms with E-state index in [1.165, 1.54) is 12.1 Å². The van der Waals surface area contributed by atoms with Crippen LogP contribution in [-0.2, 0) is 4.79 Å². The number of carbonyl (C=O) groups is 1. The largest absolute Gasteiger partial charge is 0.493 e. The van der Waals surface area contributed by atoms with Crippen LogP contribution in [0.2, 0.25) is 0 Å². The van der Waals surface area contributed by atoms with Gasteiger partial charge in [0.25, 0.3) is 5.69 Å². The summed E-state index contributed by atoms with van der Waals surface area (Å²) < 4.78 is 5.24. The topological polar surface area (TPSA) is 95.5 Å². The van der Waals surface area contributed by atoms with Gasteiger partial charge in [-0.15, -0.1) is 0 Å². The number of nitro benzene ring substituents is 1. The van der Waals surface area contributed by atoms with Crippen molar-refractivity contribution in [3.8, 4) is 5.75 Å². The van der Waals surface area contributed by atoms with Crippen LogP contribution in [0.3, 0.4) is 0 Å². The SMILES string of the molecule is NC(=O)CCCOc1cccc([N+](=O)[O-])c1. The highest BCUT2D eigenvalue weighted by molar-refractivity contribution is 5.73. The molecule has 1 aromatic carbocycles. The summed E-state index contributed by atoms with van der Waals surface area (Å²) in [6, 6.07) is 5.89. The lowest BCUT2D eigenvalue weighted by Crippen LogP contribution is -2.11. The smallest absolute Gasteiger partial charge is 0.273 e. The van der Waals surface area contributed by atoms with Crippen LogP contribution in [0.25, 0.3) is 0 Å². The minimum absolute atomic E-state index is 0.0209. The van der Waals surface area contributed by atoms with Gasteiger partial charge in [0.1, 0.15) is 5.75 Å². The van der Waals surface area contributed by atoms with Gasteiger partial charge in [0.15, 0.2) is 0 Å². The molecule has 0 bridgehead atoms. The molecule has 0 aliphatic heterocycles. The van der Waals surface area contributed by atoms with Crippen LogP contribution < -0.4 is 10.5 Å². The maximum Gasteiger partial charge on any atom is 0.273 e. The molecule has 0 atom stereocenters. The van der Waals surface area contributed by atoms with Crippen molar-refractivity contribution in [1.82, 2.24) is 0 Å². The summed E-state index contributed by atoms with van der Waals surface area (Å²) in [5.41, 5.74) is 4.93. The number of nitrogens with two attached hydrogens (primary N) is 1. The highest BCUT2D eigenvalue weighted by Gasteiger charge is 2.05. The van der Waals surface area contributed by atoms with Crippen molar-refractivity contribution < 1.29 is 14.5 Å². The third-order valence-electron chi connectivity index (χ3n) is 1.86. The minimum atomic E-state index is -0.490. The predicted molar refractivity (Wildman–Crippen MR) is 57.0 cm³/mol. The van der Waals surface area contributed by atoms with E-state index >= 15 is 0 Å². The quantitative estimate of drug-likeness (QED) is 0.446. The summed E-state index contributed by atoms with van der Waals surface area (Å²) in [6.45, 7) is 0.310. The van der Waals surface area contributed by atoms with Crippen LogP contribution in [-0.4, -0.2) is 17.4 Å². The van der Waals surface area contributed by atoms with E-state index < -0.39 is 4.92 Å². The first-order valence-electron chi connectivity index (χ1n) is 4.75. The number of nitro groups is 1. The van der Waals surface area contributed by atoms with E-state index in [-0.39, 0.29) is 18.0 Å². The summed E-state index contributed by atoms with van der Waals surface area (Å²) in [6.07, 6.45) is 0.743. The van der Waals surface area contributed by atoms with E-state index in [4.69, 9.17) is 10.5 Å². The Morgan fingerprint density at radius 3 is 2.88 bits per heavy atom. The number of hydrogen-bond acceptors (Lipinski definition) is 4. The molecule has 0 aromatic heterocycles. The normalized spacial score (nSPS) is 9.75. The first kappa shape index (κ1) is 12.0. The summed E-state index contributed by atoms with van der Waals surface area (Å²) in [7, 11) is 0. The lowest BCUT2D eigenvalue weighted by molar-refractivity contribution is -0.384. The molecule has 2 N–H and O–H groups in total. The zero-order valence-corrected chi connectivity index (χ0v) is 8.59. The molecular formula is C10H12N2O4. The molecule has 0 heterocycles. The second-order valence-electron chi connectivity index (χ2n) is 3.17. The lowest BCUT2D eigenvalue weighted by Gasteiger charge is -2.04. The minimum Gasteiger partial charge on any atom is -0.493 e. The highest BCUT2D eigenvalue weighted by Crippen LogP contribution is 2.19. The second kappa shape index (κ2) is 5.69. The van der Waals surface area contributed by atoms with Crippen molar-refractivity contribution in [2.75, 3.05) is 6.61 Å². The van der Waals surface area contributed by atoms with Crippen molar-refractivity contribution in [1.29, 1.82) is 0 Å². The fourth-order valence-electron chi connectivity index (χ4n) is 1.12. The van der Waals surface area contributed by atoms with Crippen molar-refractivity contribution in [3.63, 3.8) is 0 Å². The third-order valence-corrected chi connectivity index (χ3v) is 1.86. The van der Waals surface area contributed by atoms with Crippen LogP contribution >= 0.6 is 0 Å². The Balaban J connectivity index is 2.45. The number of carbonyl (C=O) groups excluding carboxylic acids is 1. The summed E-state index contributed by atoms with van der Waals surface area (Å²) in [5.74, 6) is 0.0290. The van der Waals surface area contributed by atoms with Crippen LogP contribution in [0, 0.1) is 10.1 Å². The number of non-ortho nitro benzene ring substituents is 1. The lowest BCUT2D eigenvalue weighted by atomic mass is 10.3. The summed E-state index contributed by atoms with van der Waals surface area (Å²) in [5, 5.41) is 10.5. The molecule has 16 heavy (non-hydrogen) atoms. The molecule has 0 saturated carbocycles. The van der Waals surface area contributed by atoms with E-state index in [1.54, 1.807) is 12.1 Å². The van der Waals surface area contributed by atoms with Gasteiger partial charge in [-0.05, 0) is 12.5 Å². The van der Waals surface area contributed by atoms with Crippen molar-refractivity contribution in [2.24, 2.45) is 5.73 Å².